The van der Waals surface area contributed by atoms with Gasteiger partial charge >= 0.3 is 5.97 Å². The Labute approximate surface area is 687 Å². The van der Waals surface area contributed by atoms with Crippen LogP contribution in [0.5, 0.6) is 0 Å². The number of carboxylic acids is 1. The van der Waals surface area contributed by atoms with Gasteiger partial charge in [0.2, 0.25) is 82.7 Å². The molecule has 0 bridgehead atoms. The number of thiol groups is 2. The van der Waals surface area contributed by atoms with Crippen LogP contribution in [0.15, 0.2) is 60.7 Å². The summed E-state index contributed by atoms with van der Waals surface area (Å²) in [4.78, 5) is 218. The van der Waals surface area contributed by atoms with Gasteiger partial charge in [-0.2, -0.15) is 25.3 Å². The molecule has 31 N–H and O–H groups in total. The second kappa shape index (κ2) is 54.4. The number of benzene rings is 2. The summed E-state index contributed by atoms with van der Waals surface area (Å²) < 4.78 is 0. The van der Waals surface area contributed by atoms with Crippen LogP contribution in [0, 0.1) is 28.1 Å². The van der Waals surface area contributed by atoms with E-state index >= 15 is 0 Å². The van der Waals surface area contributed by atoms with E-state index in [0.29, 0.717) is 23.8 Å². The van der Waals surface area contributed by atoms with Crippen molar-refractivity contribution in [2.24, 2.45) is 34.8 Å². The first-order valence-corrected chi connectivity index (χ1v) is 39.0. The maximum absolute atomic E-state index is 14.6. The van der Waals surface area contributed by atoms with E-state index in [4.69, 9.17) is 39.2 Å². The monoisotopic (exact) mass is 1680 g/mol. The van der Waals surface area contributed by atoms with Gasteiger partial charge in [0.15, 0.2) is 17.9 Å². The van der Waals surface area contributed by atoms with Crippen LogP contribution in [0.3, 0.4) is 0 Å². The molecular formula is C72H116N24O19S2. The average molecular weight is 1690 g/mol. The minimum Gasteiger partial charge on any atom is -0.481 e. The van der Waals surface area contributed by atoms with Gasteiger partial charge in [0.25, 0.3) is 0 Å². The van der Waals surface area contributed by atoms with Crippen molar-refractivity contribution in [3.8, 4) is 0 Å². The quantitative estimate of drug-likeness (QED) is 0.00961. The van der Waals surface area contributed by atoms with Gasteiger partial charge in [-0.15, -0.1) is 0 Å². The van der Waals surface area contributed by atoms with Crippen molar-refractivity contribution in [2.45, 2.75) is 197 Å². The number of amides is 14. The summed E-state index contributed by atoms with van der Waals surface area (Å²) >= 11 is 8.41. The molecule has 0 heterocycles. The SMILES string of the molecule is CC[C@H](C)[C@H](NC(=O)[C@H](CCCNC(=N)N)NC(=O)CNC(=O)[C@@H](C)NC(=O)[C@H](Cc1ccccc1)NC(=O)[C@@H](C)NC(=O)[C@H](CS)NC(=O)[C@H](CO)NC(=O)[C@@H](N)CO)C(=O)N[C@@H](CC(=O)O)C(=O)N[C@@H](CCCNC(=N)N)C(=O)N[C@H](C(=O)N[C@@H](CS)C(=O)N[C@@H](Cc1ccccc1)C(=O)N[C@H](C=O)CCCNC(=N)N)[C@@H](C)CC. The normalized spacial score (nSPS) is 15.0. The average Bonchev–Trinajstić information content (AvgIpc) is 0.851. The Morgan fingerprint density at radius 2 is 0.761 bits per heavy atom. The van der Waals surface area contributed by atoms with Crippen LogP contribution in [0.2, 0.25) is 0 Å². The highest BCUT2D eigenvalue weighted by Crippen LogP contribution is 2.15. The molecule has 0 aliphatic carbocycles. The van der Waals surface area contributed by atoms with Crippen molar-refractivity contribution in [3.63, 3.8) is 0 Å². The third-order valence-electron chi connectivity index (χ3n) is 18.1. The lowest BCUT2D eigenvalue weighted by molar-refractivity contribution is -0.142. The van der Waals surface area contributed by atoms with Crippen LogP contribution < -0.4 is 113 Å². The number of carboxylic acid groups (broad SMARTS) is 1. The molecule has 2 rings (SSSR count). The van der Waals surface area contributed by atoms with Gasteiger partial charge in [0.1, 0.15) is 84.8 Å². The maximum atomic E-state index is 14.6. The van der Waals surface area contributed by atoms with Gasteiger partial charge in [-0.1, -0.05) is 101 Å². The van der Waals surface area contributed by atoms with E-state index in [1.807, 2.05) is 0 Å². The Bertz CT molecular complexity index is 3690. The largest absolute Gasteiger partial charge is 0.481 e. The predicted molar refractivity (Wildman–Crippen MR) is 434 cm³/mol. The molecule has 2 aromatic rings. The second-order valence-electron chi connectivity index (χ2n) is 27.5. The van der Waals surface area contributed by atoms with Gasteiger partial charge in [-0.05, 0) is 75.3 Å². The molecule has 0 saturated heterocycles. The van der Waals surface area contributed by atoms with Gasteiger partial charge < -0.3 is 133 Å². The predicted octanol–water partition coefficient (Wildman–Crippen LogP) is -8.34. The standard InChI is InChI=1S/C72H116N24O19S2/c1-7-37(3)55(95-60(106)45(23-16-26-81-71(76)77)87-53(100)31-83-57(103)39(5)84-62(108)47(28-41-18-11-9-12-19-41)89-58(104)40(6)85-66(112)51(35-116)93-65(111)50(34-99)92-59(105)44(73)33-98)68(114)91-49(30-54(101)102)64(110)88-46(24-17-27-82-72(78)79)61(107)96-56(38(4)8-2)69(115)94-52(36-117)67(113)90-48(29-42-20-13-10-14-21-42)63(109)86-43(32-97)22-15-25-80-70(74)75/h9-14,18-21,32,37-40,43-52,55-56,98-99,116-117H,7-8,15-17,22-31,33-36,73H2,1-6H3,(H,83,103)(H,84,108)(H,85,112)(H,86,109)(H,87,100)(H,88,110)(H,89,104)(H,90,113)(H,91,114)(H,92,105)(H,93,111)(H,94,115)(H,95,106)(H,96,107)(H,101,102)(H4,74,75,80)(H4,76,77,81)(H4,78,79,82)/t37-,38-,39+,40+,43-,44-,45-,46-,47-,48-,49-,50-,51-,52-,55-,56-/m0/s1. The van der Waals surface area contributed by atoms with Gasteiger partial charge in [0, 0.05) is 44.0 Å². The zero-order valence-corrected chi connectivity index (χ0v) is 67.9. The fraction of sp³-hybridized carbons (Fsp3) is 0.569. The number of aliphatic hydroxyl groups excluding tert-OH is 2. The molecule has 14 amide bonds. The topological polar surface area (TPSA) is 714 Å². The summed E-state index contributed by atoms with van der Waals surface area (Å²) in [5.41, 5.74) is 23.0. The molecule has 0 fully saturated rings. The van der Waals surface area contributed by atoms with E-state index in [1.54, 1.807) is 81.4 Å². The van der Waals surface area contributed by atoms with Gasteiger partial charge in [-0.3, -0.25) is 88.1 Å². The Morgan fingerprint density at radius 3 is 1.18 bits per heavy atom. The van der Waals surface area contributed by atoms with Crippen LogP contribution in [0.4, 0.5) is 0 Å². The lowest BCUT2D eigenvalue weighted by Crippen LogP contribution is -2.62. The van der Waals surface area contributed by atoms with Crippen molar-refractivity contribution in [1.82, 2.24) is 90.4 Å². The molecule has 0 spiro atoms. The molecule has 0 radical (unpaired) electrons. The van der Waals surface area contributed by atoms with E-state index in [1.165, 1.54) is 20.8 Å². The van der Waals surface area contributed by atoms with Crippen molar-refractivity contribution >= 4 is 138 Å². The number of rotatable bonds is 55. The lowest BCUT2D eigenvalue weighted by atomic mass is 9.96. The highest BCUT2D eigenvalue weighted by molar-refractivity contribution is 7.80. The van der Waals surface area contributed by atoms with E-state index in [0.717, 1.165) is 0 Å². The van der Waals surface area contributed by atoms with Gasteiger partial charge in [0.05, 0.1) is 32.2 Å². The molecule has 117 heavy (non-hydrogen) atoms. The molecule has 0 aliphatic heterocycles. The number of hydrogen-bond donors (Lipinski definition) is 29. The van der Waals surface area contributed by atoms with Crippen molar-refractivity contribution in [3.05, 3.63) is 71.8 Å². The zero-order chi connectivity index (χ0) is 88.0. The number of nitrogens with two attached hydrogens (primary N) is 4. The number of carbonyl (C=O) groups excluding carboxylic acids is 15. The molecule has 0 saturated carbocycles. The fourth-order valence-corrected chi connectivity index (χ4v) is 11.4. The number of nitrogens with one attached hydrogen (secondary N) is 20. The molecule has 43 nitrogen and oxygen atoms in total. The van der Waals surface area contributed by atoms with Crippen LogP contribution in [-0.4, -0.2) is 264 Å². The molecule has 16 atom stereocenters. The van der Waals surface area contributed by atoms with E-state index < -0.39 is 223 Å². The number of aldehydes is 1. The zero-order valence-electron chi connectivity index (χ0n) is 66.1. The molecule has 0 aliphatic rings. The Hall–Kier alpha value is -11.5. The molecule has 2 aromatic carbocycles. The minimum atomic E-state index is -1.99. The molecule has 0 aromatic heterocycles. The third-order valence-corrected chi connectivity index (χ3v) is 18.8. The third kappa shape index (κ3) is 38.7. The molecular weight excluding hydrogens is 1570 g/mol. The number of hydrogen-bond acceptors (Lipinski definition) is 24. The maximum Gasteiger partial charge on any atom is 0.305 e. The second-order valence-corrected chi connectivity index (χ2v) is 28.2. The number of aliphatic carboxylic acids is 1. The number of aliphatic hydroxyl groups is 2. The summed E-state index contributed by atoms with van der Waals surface area (Å²) in [6.07, 6.45) is -0.388. The first-order valence-electron chi connectivity index (χ1n) is 37.8. The lowest BCUT2D eigenvalue weighted by Gasteiger charge is -2.30. The first-order chi connectivity index (χ1) is 55.4. The molecule has 45 heteroatoms. The summed E-state index contributed by atoms with van der Waals surface area (Å²) in [7, 11) is 0. The highest BCUT2D eigenvalue weighted by atomic mass is 32.1. The van der Waals surface area contributed by atoms with Crippen molar-refractivity contribution in [1.29, 1.82) is 16.2 Å². The summed E-state index contributed by atoms with van der Waals surface area (Å²) in [6, 6.07) is -3.83. The van der Waals surface area contributed by atoms with Crippen molar-refractivity contribution < 1.29 is 92.0 Å². The highest BCUT2D eigenvalue weighted by Gasteiger charge is 2.39. The Kier molecular flexibility index (Phi) is 47.3. The Balaban J connectivity index is 2.40. The minimum absolute atomic E-state index is 0.00304. The smallest absolute Gasteiger partial charge is 0.305 e. The molecule has 0 unspecified atom stereocenters. The van der Waals surface area contributed by atoms with Crippen LogP contribution in [-0.2, 0) is 89.6 Å². The van der Waals surface area contributed by atoms with E-state index in [9.17, 15) is 92.0 Å². The van der Waals surface area contributed by atoms with Crippen LogP contribution in [0.1, 0.15) is 110 Å². The van der Waals surface area contributed by atoms with Crippen LogP contribution >= 0.6 is 25.3 Å². The fourth-order valence-electron chi connectivity index (χ4n) is 10.9. The van der Waals surface area contributed by atoms with Crippen LogP contribution in [0.25, 0.3) is 0 Å². The number of guanidine groups is 3. The summed E-state index contributed by atoms with van der Waals surface area (Å²) in [5, 5.41) is 93.8. The van der Waals surface area contributed by atoms with E-state index in [-0.39, 0.29) is 94.9 Å². The van der Waals surface area contributed by atoms with Gasteiger partial charge in [-0.25, -0.2) is 0 Å². The first kappa shape index (κ1) is 102. The van der Waals surface area contributed by atoms with E-state index in [2.05, 4.69) is 116 Å². The molecule has 650 valence electrons. The van der Waals surface area contributed by atoms with Crippen molar-refractivity contribution in [2.75, 3.05) is 50.9 Å². The Morgan fingerprint density at radius 1 is 0.410 bits per heavy atom. The summed E-state index contributed by atoms with van der Waals surface area (Å²) in [6.45, 7) is 6.60. The summed E-state index contributed by atoms with van der Waals surface area (Å²) in [5.74, 6) is -18.6. The number of carbonyl (C=O) groups is 16.